The number of anilines is 1. The summed E-state index contributed by atoms with van der Waals surface area (Å²) in [6.45, 7) is 1.73. The molecule has 5 atom stereocenters. The van der Waals surface area contributed by atoms with Gasteiger partial charge in [0.05, 0.1) is 51.9 Å². The van der Waals surface area contributed by atoms with Crippen molar-refractivity contribution < 1.29 is 33.3 Å². The minimum atomic E-state index is -0.738. The molecule has 4 aliphatic heterocycles. The fourth-order valence-corrected chi connectivity index (χ4v) is 5.45. The smallest absolute Gasteiger partial charge is 0.231 e. The molecule has 0 unspecified atom stereocenters. The van der Waals surface area contributed by atoms with Crippen molar-refractivity contribution in [3.63, 3.8) is 0 Å². The molecule has 9 heteroatoms. The normalized spacial score (nSPS) is 32.3. The molecule has 9 nitrogen and oxygen atoms in total. The minimum absolute atomic E-state index is 0.0441. The van der Waals surface area contributed by atoms with E-state index in [0.29, 0.717) is 36.0 Å². The van der Waals surface area contributed by atoms with Crippen molar-refractivity contribution in [1.29, 1.82) is 0 Å². The second-order valence-electron chi connectivity index (χ2n) is 8.66. The molecule has 1 N–H and O–H groups in total. The van der Waals surface area contributed by atoms with Gasteiger partial charge in [-0.25, -0.2) is 0 Å². The van der Waals surface area contributed by atoms with E-state index in [1.165, 1.54) is 21.3 Å². The maximum absolute atomic E-state index is 13.4. The largest absolute Gasteiger partial charge is 0.493 e. The number of rotatable bonds is 7. The van der Waals surface area contributed by atoms with Crippen LogP contribution in [0.1, 0.15) is 12.8 Å². The Morgan fingerprint density at radius 1 is 1.22 bits per heavy atom. The third-order valence-electron chi connectivity index (χ3n) is 6.86. The highest BCUT2D eigenvalue weighted by atomic mass is 16.5. The minimum Gasteiger partial charge on any atom is -0.493 e. The zero-order valence-corrected chi connectivity index (χ0v) is 18.5. The highest BCUT2D eigenvalue weighted by Crippen LogP contribution is 2.52. The van der Waals surface area contributed by atoms with Crippen molar-refractivity contribution in [2.45, 2.75) is 30.7 Å². The number of hydrogen-bond donors (Lipinski definition) is 1. The fourth-order valence-electron chi connectivity index (χ4n) is 5.45. The Labute approximate surface area is 186 Å². The van der Waals surface area contributed by atoms with Crippen LogP contribution in [0.25, 0.3) is 0 Å². The predicted octanol–water partition coefficient (Wildman–Crippen LogP) is 1.61. The Hall–Kier alpha value is -2.78. The van der Waals surface area contributed by atoms with Gasteiger partial charge in [-0.05, 0) is 12.8 Å². The van der Waals surface area contributed by atoms with Crippen LogP contribution in [-0.2, 0) is 19.1 Å². The lowest BCUT2D eigenvalue weighted by atomic mass is 9.77. The number of carbonyl (C=O) groups excluding carboxylic acids is 2. The van der Waals surface area contributed by atoms with Gasteiger partial charge in [0.2, 0.25) is 17.6 Å². The van der Waals surface area contributed by atoms with E-state index in [9.17, 15) is 9.59 Å². The van der Waals surface area contributed by atoms with Gasteiger partial charge in [0.1, 0.15) is 5.60 Å². The van der Waals surface area contributed by atoms with Gasteiger partial charge >= 0.3 is 0 Å². The third kappa shape index (κ3) is 3.22. The average molecular weight is 444 g/mol. The highest BCUT2D eigenvalue weighted by molar-refractivity contribution is 5.99. The van der Waals surface area contributed by atoms with Crippen LogP contribution in [0.5, 0.6) is 17.2 Å². The number of carbonyl (C=O) groups is 2. The number of fused-ring (bicyclic) bond motifs is 1. The molecule has 0 aromatic heterocycles. The van der Waals surface area contributed by atoms with E-state index in [1.807, 2.05) is 12.2 Å². The van der Waals surface area contributed by atoms with Crippen LogP contribution >= 0.6 is 0 Å². The van der Waals surface area contributed by atoms with Gasteiger partial charge in [-0.15, -0.1) is 0 Å². The van der Waals surface area contributed by atoms with Crippen LogP contribution in [0.4, 0.5) is 5.69 Å². The molecule has 3 fully saturated rings. The standard InChI is InChI=1S/C23H28N2O7/c1-28-16-9-13(10-17(29-2)20(16)30-3)24-21(26)18-15-6-7-23(32-15)12-25(22(27)19(18)23)11-14-5-4-8-31-14/h6-7,9-10,14-15,18-19H,4-5,8,11-12H2,1-3H3,(H,24,26)/t14-,15-,18+,19+,23-/m1/s1. The van der Waals surface area contributed by atoms with Crippen LogP contribution in [0, 0.1) is 11.8 Å². The summed E-state index contributed by atoms with van der Waals surface area (Å²) in [6.07, 6.45) is 5.46. The second-order valence-corrected chi connectivity index (χ2v) is 8.66. The zero-order chi connectivity index (χ0) is 22.5. The number of methoxy groups -OCH3 is 3. The molecule has 0 aliphatic carbocycles. The van der Waals surface area contributed by atoms with E-state index in [4.69, 9.17) is 23.7 Å². The number of nitrogens with one attached hydrogen (secondary N) is 1. The van der Waals surface area contributed by atoms with Crippen molar-refractivity contribution in [3.05, 3.63) is 24.3 Å². The monoisotopic (exact) mass is 444 g/mol. The van der Waals surface area contributed by atoms with Crippen LogP contribution in [0.3, 0.4) is 0 Å². The molecular weight excluding hydrogens is 416 g/mol. The van der Waals surface area contributed by atoms with E-state index in [-0.39, 0.29) is 17.9 Å². The van der Waals surface area contributed by atoms with Crippen molar-refractivity contribution in [2.75, 3.05) is 46.3 Å². The average Bonchev–Trinajstić information content (AvgIpc) is 3.56. The van der Waals surface area contributed by atoms with Crippen molar-refractivity contribution in [3.8, 4) is 17.2 Å². The summed E-state index contributed by atoms with van der Waals surface area (Å²) >= 11 is 0. The lowest BCUT2D eigenvalue weighted by Gasteiger charge is -2.24. The number of benzene rings is 1. The highest BCUT2D eigenvalue weighted by Gasteiger charge is 2.66. The van der Waals surface area contributed by atoms with Gasteiger partial charge in [0.15, 0.2) is 11.5 Å². The molecular formula is C23H28N2O7. The molecule has 2 bridgehead atoms. The Bertz CT molecular complexity index is 933. The van der Waals surface area contributed by atoms with Gasteiger partial charge in [-0.2, -0.15) is 0 Å². The number of hydrogen-bond acceptors (Lipinski definition) is 7. The molecule has 1 spiro atoms. The lowest BCUT2D eigenvalue weighted by Crippen LogP contribution is -2.42. The first-order chi connectivity index (χ1) is 15.5. The Morgan fingerprint density at radius 2 is 1.97 bits per heavy atom. The Morgan fingerprint density at radius 3 is 2.59 bits per heavy atom. The molecule has 0 saturated carbocycles. The summed E-state index contributed by atoms with van der Waals surface area (Å²) in [5.74, 6) is -0.161. The topological polar surface area (TPSA) is 95.6 Å². The Kier molecular flexibility index (Phi) is 5.25. The maximum atomic E-state index is 13.4. The van der Waals surface area contributed by atoms with Crippen LogP contribution in [0.2, 0.25) is 0 Å². The van der Waals surface area contributed by atoms with E-state index < -0.39 is 23.5 Å². The fraction of sp³-hybridized carbons (Fsp3) is 0.565. The number of amides is 2. The number of ether oxygens (including phenoxy) is 5. The molecule has 172 valence electrons. The number of nitrogens with zero attached hydrogens (tertiary/aromatic N) is 1. The molecule has 4 heterocycles. The maximum Gasteiger partial charge on any atom is 0.231 e. The van der Waals surface area contributed by atoms with E-state index in [1.54, 1.807) is 17.0 Å². The SMILES string of the molecule is COc1cc(NC(=O)[C@@H]2[C@H]3C(=O)N(C[C@H]4CCCO4)C[C@]34C=C[C@H]2O4)cc(OC)c1OC. The van der Waals surface area contributed by atoms with Gasteiger partial charge < -0.3 is 33.9 Å². The summed E-state index contributed by atoms with van der Waals surface area (Å²) in [4.78, 5) is 28.5. The van der Waals surface area contributed by atoms with Gasteiger partial charge in [-0.3, -0.25) is 9.59 Å². The molecule has 1 aromatic rings. The van der Waals surface area contributed by atoms with Gasteiger partial charge in [0, 0.05) is 31.0 Å². The van der Waals surface area contributed by atoms with E-state index in [0.717, 1.165) is 19.4 Å². The molecule has 5 rings (SSSR count). The van der Waals surface area contributed by atoms with Crippen molar-refractivity contribution in [1.82, 2.24) is 4.90 Å². The molecule has 2 amide bonds. The van der Waals surface area contributed by atoms with Crippen molar-refractivity contribution in [2.24, 2.45) is 11.8 Å². The molecule has 0 radical (unpaired) electrons. The molecule has 1 aromatic carbocycles. The van der Waals surface area contributed by atoms with Crippen LogP contribution < -0.4 is 19.5 Å². The summed E-state index contributed by atoms with van der Waals surface area (Å²) in [5.41, 5.74) is -0.246. The van der Waals surface area contributed by atoms with Crippen molar-refractivity contribution >= 4 is 17.5 Å². The van der Waals surface area contributed by atoms with E-state index in [2.05, 4.69) is 5.32 Å². The first-order valence-electron chi connectivity index (χ1n) is 10.9. The van der Waals surface area contributed by atoms with Gasteiger partial charge in [0.25, 0.3) is 0 Å². The second kappa shape index (κ2) is 7.97. The molecule has 3 saturated heterocycles. The summed E-state index contributed by atoms with van der Waals surface area (Å²) in [5, 5.41) is 2.92. The molecule has 4 aliphatic rings. The predicted molar refractivity (Wildman–Crippen MR) is 114 cm³/mol. The summed E-state index contributed by atoms with van der Waals surface area (Å²) in [6, 6.07) is 3.33. The first-order valence-corrected chi connectivity index (χ1v) is 10.9. The zero-order valence-electron chi connectivity index (χ0n) is 18.5. The Balaban J connectivity index is 1.37. The summed E-state index contributed by atoms with van der Waals surface area (Å²) in [7, 11) is 4.55. The number of likely N-dealkylation sites (tertiary alicyclic amines) is 1. The quantitative estimate of drug-likeness (QED) is 0.639. The summed E-state index contributed by atoms with van der Waals surface area (Å²) < 4.78 is 28.0. The van der Waals surface area contributed by atoms with Gasteiger partial charge in [-0.1, -0.05) is 12.2 Å². The third-order valence-corrected chi connectivity index (χ3v) is 6.86. The van der Waals surface area contributed by atoms with E-state index >= 15 is 0 Å². The van der Waals surface area contributed by atoms with Crippen LogP contribution in [0.15, 0.2) is 24.3 Å². The van der Waals surface area contributed by atoms with Crippen LogP contribution in [-0.4, -0.2) is 75.5 Å². The molecule has 32 heavy (non-hydrogen) atoms. The lowest BCUT2D eigenvalue weighted by molar-refractivity contribution is -0.136. The first kappa shape index (κ1) is 21.1.